The first-order valence-corrected chi connectivity index (χ1v) is 11.8. The van der Waals surface area contributed by atoms with Crippen LogP contribution in [0.4, 0.5) is 11.4 Å². The minimum absolute atomic E-state index is 0.0891. The summed E-state index contributed by atoms with van der Waals surface area (Å²) in [5.74, 6) is -1.15. The number of aromatic carboxylic acids is 1. The van der Waals surface area contributed by atoms with Gasteiger partial charge in [0.15, 0.2) is 0 Å². The molecule has 4 rings (SSSR count). The molecule has 1 heterocycles. The molecular formula is C27H28ClN3O3. The standard InChI is InChI=1S/C27H28ClN3O3/c1-2-25(32)29-22-12-13-24(23(18-22)27(33)34)30-14-16-31(17-15-30)26(19-6-4-3-5-7-19)20-8-10-21(28)11-9-20/h3-13,18,26H,2,14-17H2,1H3,(H,29,32)(H,33,34). The van der Waals surface area contributed by atoms with Gasteiger partial charge in [-0.15, -0.1) is 0 Å². The Balaban J connectivity index is 1.55. The second kappa shape index (κ2) is 10.7. The van der Waals surface area contributed by atoms with E-state index >= 15 is 0 Å². The van der Waals surface area contributed by atoms with Gasteiger partial charge in [0.1, 0.15) is 0 Å². The number of carboxylic acids is 1. The Hall–Kier alpha value is -3.35. The number of carboxylic acid groups (broad SMARTS) is 1. The van der Waals surface area contributed by atoms with Gasteiger partial charge in [-0.05, 0) is 41.5 Å². The first-order chi connectivity index (χ1) is 16.5. The van der Waals surface area contributed by atoms with E-state index in [2.05, 4.69) is 39.4 Å². The van der Waals surface area contributed by atoms with Gasteiger partial charge in [-0.2, -0.15) is 0 Å². The first kappa shape index (κ1) is 23.8. The summed E-state index contributed by atoms with van der Waals surface area (Å²) in [6, 6.07) is 23.5. The summed E-state index contributed by atoms with van der Waals surface area (Å²) >= 11 is 6.13. The molecule has 1 aliphatic heterocycles. The van der Waals surface area contributed by atoms with Crippen molar-refractivity contribution in [2.45, 2.75) is 19.4 Å². The highest BCUT2D eigenvalue weighted by Crippen LogP contribution is 2.32. The molecule has 3 aromatic rings. The number of nitrogens with zero attached hydrogens (tertiary/aromatic N) is 2. The largest absolute Gasteiger partial charge is 0.478 e. The van der Waals surface area contributed by atoms with Gasteiger partial charge in [-0.3, -0.25) is 9.69 Å². The van der Waals surface area contributed by atoms with Crippen molar-refractivity contribution in [1.82, 2.24) is 4.90 Å². The Morgan fingerprint density at radius 1 is 0.941 bits per heavy atom. The highest BCUT2D eigenvalue weighted by atomic mass is 35.5. The van der Waals surface area contributed by atoms with Crippen LogP contribution in [0, 0.1) is 0 Å². The van der Waals surface area contributed by atoms with E-state index in [0.29, 0.717) is 35.9 Å². The van der Waals surface area contributed by atoms with E-state index in [-0.39, 0.29) is 17.5 Å². The van der Waals surface area contributed by atoms with E-state index in [1.165, 1.54) is 17.2 Å². The third-order valence-electron chi connectivity index (χ3n) is 6.15. The van der Waals surface area contributed by atoms with Gasteiger partial charge in [0.25, 0.3) is 0 Å². The van der Waals surface area contributed by atoms with Crippen LogP contribution in [0.15, 0.2) is 72.8 Å². The van der Waals surface area contributed by atoms with Gasteiger partial charge in [-0.25, -0.2) is 4.79 Å². The van der Waals surface area contributed by atoms with Crippen molar-refractivity contribution < 1.29 is 14.7 Å². The highest BCUT2D eigenvalue weighted by molar-refractivity contribution is 6.30. The fourth-order valence-electron chi connectivity index (χ4n) is 4.43. The normalized spacial score (nSPS) is 15.1. The van der Waals surface area contributed by atoms with Crippen LogP contribution in [0.25, 0.3) is 0 Å². The molecule has 0 radical (unpaired) electrons. The van der Waals surface area contributed by atoms with E-state index in [9.17, 15) is 14.7 Å². The lowest BCUT2D eigenvalue weighted by molar-refractivity contribution is -0.115. The molecule has 1 saturated heterocycles. The van der Waals surface area contributed by atoms with Gasteiger partial charge in [-0.1, -0.05) is 61.0 Å². The lowest BCUT2D eigenvalue weighted by atomic mass is 9.96. The van der Waals surface area contributed by atoms with Gasteiger partial charge in [0.2, 0.25) is 5.91 Å². The number of halogens is 1. The molecule has 7 heteroatoms. The van der Waals surface area contributed by atoms with Crippen molar-refractivity contribution >= 4 is 34.9 Å². The van der Waals surface area contributed by atoms with Gasteiger partial charge < -0.3 is 15.3 Å². The summed E-state index contributed by atoms with van der Waals surface area (Å²) in [5.41, 5.74) is 3.74. The molecule has 34 heavy (non-hydrogen) atoms. The third-order valence-corrected chi connectivity index (χ3v) is 6.40. The van der Waals surface area contributed by atoms with Crippen LogP contribution in [-0.4, -0.2) is 48.1 Å². The quantitative estimate of drug-likeness (QED) is 0.483. The molecule has 3 aromatic carbocycles. The third kappa shape index (κ3) is 5.41. The Morgan fingerprint density at radius 3 is 2.21 bits per heavy atom. The van der Waals surface area contributed by atoms with E-state index in [1.54, 1.807) is 19.1 Å². The summed E-state index contributed by atoms with van der Waals surface area (Å²) in [7, 11) is 0. The summed E-state index contributed by atoms with van der Waals surface area (Å²) in [4.78, 5) is 28.2. The lowest BCUT2D eigenvalue weighted by Crippen LogP contribution is -2.48. The zero-order chi connectivity index (χ0) is 24.1. The van der Waals surface area contributed by atoms with Crippen LogP contribution >= 0.6 is 11.6 Å². The fraction of sp³-hybridized carbons (Fsp3) is 0.259. The number of hydrogen-bond acceptors (Lipinski definition) is 4. The summed E-state index contributed by atoms with van der Waals surface area (Å²) in [6.07, 6.45) is 0.336. The van der Waals surface area contributed by atoms with E-state index < -0.39 is 5.97 Å². The Bertz CT molecular complexity index is 1140. The number of benzene rings is 3. The molecule has 2 N–H and O–H groups in total. The molecule has 1 atom stereocenters. The molecule has 176 valence electrons. The predicted octanol–water partition coefficient (Wildman–Crippen LogP) is 5.30. The molecule has 1 amide bonds. The van der Waals surface area contributed by atoms with Gasteiger partial charge >= 0.3 is 5.97 Å². The monoisotopic (exact) mass is 477 g/mol. The number of hydrogen-bond donors (Lipinski definition) is 2. The molecular weight excluding hydrogens is 450 g/mol. The van der Waals surface area contributed by atoms with Crippen LogP contribution < -0.4 is 10.2 Å². The zero-order valence-corrected chi connectivity index (χ0v) is 19.8. The van der Waals surface area contributed by atoms with Crippen molar-refractivity contribution in [3.8, 4) is 0 Å². The first-order valence-electron chi connectivity index (χ1n) is 11.4. The van der Waals surface area contributed by atoms with E-state index in [1.807, 2.05) is 30.3 Å². The molecule has 0 saturated carbocycles. The second-order valence-corrected chi connectivity index (χ2v) is 8.76. The average molecular weight is 478 g/mol. The maximum absolute atomic E-state index is 12.0. The Labute approximate surface area is 204 Å². The average Bonchev–Trinajstić information content (AvgIpc) is 2.86. The van der Waals surface area contributed by atoms with Crippen molar-refractivity contribution in [3.05, 3.63) is 94.5 Å². The Morgan fingerprint density at radius 2 is 1.59 bits per heavy atom. The maximum Gasteiger partial charge on any atom is 0.337 e. The molecule has 0 bridgehead atoms. The number of anilines is 2. The van der Waals surface area contributed by atoms with Crippen LogP contribution in [0.3, 0.4) is 0 Å². The molecule has 0 spiro atoms. The second-order valence-electron chi connectivity index (χ2n) is 8.33. The molecule has 1 fully saturated rings. The number of carbonyl (C=O) groups is 2. The van der Waals surface area contributed by atoms with E-state index in [0.717, 1.165) is 13.1 Å². The summed E-state index contributed by atoms with van der Waals surface area (Å²) < 4.78 is 0. The van der Waals surface area contributed by atoms with Crippen molar-refractivity contribution in [2.75, 3.05) is 36.4 Å². The van der Waals surface area contributed by atoms with Crippen LogP contribution in [0.1, 0.15) is 40.9 Å². The van der Waals surface area contributed by atoms with Crippen molar-refractivity contribution in [1.29, 1.82) is 0 Å². The van der Waals surface area contributed by atoms with Crippen molar-refractivity contribution in [2.24, 2.45) is 0 Å². The lowest BCUT2D eigenvalue weighted by Gasteiger charge is -2.41. The Kier molecular flexibility index (Phi) is 7.50. The van der Waals surface area contributed by atoms with Gasteiger partial charge in [0, 0.05) is 43.3 Å². The summed E-state index contributed by atoms with van der Waals surface area (Å²) in [5, 5.41) is 13.3. The number of amides is 1. The molecule has 0 aromatic heterocycles. The maximum atomic E-state index is 12.0. The SMILES string of the molecule is CCC(=O)Nc1ccc(N2CCN(C(c3ccccc3)c3ccc(Cl)cc3)CC2)c(C(=O)O)c1. The molecule has 0 aliphatic carbocycles. The minimum atomic E-state index is -1.01. The van der Waals surface area contributed by atoms with Crippen molar-refractivity contribution in [3.63, 3.8) is 0 Å². The molecule has 1 unspecified atom stereocenters. The minimum Gasteiger partial charge on any atom is -0.478 e. The van der Waals surface area contributed by atoms with Crippen LogP contribution in [-0.2, 0) is 4.79 Å². The van der Waals surface area contributed by atoms with Crippen LogP contribution in [0.5, 0.6) is 0 Å². The van der Waals surface area contributed by atoms with E-state index in [4.69, 9.17) is 11.6 Å². The van der Waals surface area contributed by atoms with Gasteiger partial charge in [0.05, 0.1) is 17.3 Å². The number of rotatable bonds is 7. The summed E-state index contributed by atoms with van der Waals surface area (Å²) in [6.45, 7) is 4.69. The van der Waals surface area contributed by atoms with Crippen LogP contribution in [0.2, 0.25) is 5.02 Å². The molecule has 6 nitrogen and oxygen atoms in total. The smallest absolute Gasteiger partial charge is 0.337 e. The number of carbonyl (C=O) groups excluding carboxylic acids is 1. The topological polar surface area (TPSA) is 72.9 Å². The fourth-order valence-corrected chi connectivity index (χ4v) is 4.55. The number of nitrogens with one attached hydrogen (secondary N) is 1. The highest BCUT2D eigenvalue weighted by Gasteiger charge is 2.28. The predicted molar refractivity (Wildman–Crippen MR) is 136 cm³/mol. The zero-order valence-electron chi connectivity index (χ0n) is 19.1. The number of piperazine rings is 1. The molecule has 1 aliphatic rings.